The van der Waals surface area contributed by atoms with E-state index in [2.05, 4.69) is 15.5 Å². The molecule has 1 N–H and O–H groups in total. The van der Waals surface area contributed by atoms with E-state index in [1.165, 1.54) is 0 Å². The highest BCUT2D eigenvalue weighted by molar-refractivity contribution is 5.74. The molecular weight excluding hydrogens is 272 g/mol. The van der Waals surface area contributed by atoms with E-state index in [0.717, 1.165) is 19.3 Å². The van der Waals surface area contributed by atoms with Crippen LogP contribution >= 0.6 is 0 Å². The monoisotopic (exact) mass is 296 g/mol. The van der Waals surface area contributed by atoms with Gasteiger partial charge in [-0.2, -0.15) is 0 Å². The first-order chi connectivity index (χ1) is 9.97. The highest BCUT2D eigenvalue weighted by atomic mass is 16.5. The zero-order chi connectivity index (χ0) is 15.5. The summed E-state index contributed by atoms with van der Waals surface area (Å²) in [4.78, 5) is 11.8. The molecule has 1 aliphatic carbocycles. The van der Waals surface area contributed by atoms with E-state index in [4.69, 9.17) is 4.74 Å². The molecule has 7 heteroatoms. The Labute approximate surface area is 124 Å². The first kappa shape index (κ1) is 15.9. The summed E-state index contributed by atoms with van der Waals surface area (Å²) in [7, 11) is 1.62. The zero-order valence-corrected chi connectivity index (χ0v) is 13.0. The highest BCUT2D eigenvalue weighted by Gasteiger charge is 2.42. The van der Waals surface area contributed by atoms with Gasteiger partial charge in [-0.05, 0) is 36.6 Å². The maximum atomic E-state index is 11.8. The molecule has 0 spiro atoms. The number of tetrazole rings is 1. The molecule has 0 aliphatic heterocycles. The Bertz CT molecular complexity index is 490. The summed E-state index contributed by atoms with van der Waals surface area (Å²) in [6.45, 7) is 4.23. The van der Waals surface area contributed by atoms with Crippen molar-refractivity contribution in [1.82, 2.24) is 20.2 Å². The van der Waals surface area contributed by atoms with Gasteiger partial charge in [0.15, 0.2) is 5.82 Å². The number of ether oxygens (including phenoxy) is 1. The molecule has 1 atom stereocenters. The predicted octanol–water partition coefficient (Wildman–Crippen LogP) is 1.98. The fourth-order valence-electron chi connectivity index (χ4n) is 3.04. The third kappa shape index (κ3) is 2.92. The van der Waals surface area contributed by atoms with Crippen molar-refractivity contribution in [3.8, 4) is 0 Å². The van der Waals surface area contributed by atoms with Gasteiger partial charge in [0.25, 0.3) is 0 Å². The topological polar surface area (TPSA) is 90.1 Å². The van der Waals surface area contributed by atoms with Crippen LogP contribution in [0.2, 0.25) is 0 Å². The molecule has 118 valence electrons. The summed E-state index contributed by atoms with van der Waals surface area (Å²) in [5, 5.41) is 21.5. The normalized spacial score (nSPS) is 20.9. The number of carboxylic acids is 1. The van der Waals surface area contributed by atoms with Gasteiger partial charge in [0.2, 0.25) is 0 Å². The molecule has 1 aromatic rings. The summed E-state index contributed by atoms with van der Waals surface area (Å²) < 4.78 is 7.16. The number of aliphatic carboxylic acids is 1. The third-order valence-corrected chi connectivity index (χ3v) is 4.85. The first-order valence-corrected chi connectivity index (χ1v) is 7.52. The molecule has 7 nitrogen and oxygen atoms in total. The minimum atomic E-state index is -0.759. The van der Waals surface area contributed by atoms with Crippen molar-refractivity contribution < 1.29 is 14.6 Å². The summed E-state index contributed by atoms with van der Waals surface area (Å²) in [6.07, 6.45) is 5.05. The van der Waals surface area contributed by atoms with Crippen molar-refractivity contribution >= 4 is 5.97 Å². The second kappa shape index (κ2) is 6.09. The van der Waals surface area contributed by atoms with Crippen molar-refractivity contribution in [3.63, 3.8) is 0 Å². The van der Waals surface area contributed by atoms with Gasteiger partial charge in [-0.15, -0.1) is 5.10 Å². The molecule has 2 rings (SSSR count). The Morgan fingerprint density at radius 1 is 1.43 bits per heavy atom. The van der Waals surface area contributed by atoms with Gasteiger partial charge < -0.3 is 9.84 Å². The molecular formula is C14H24N4O3. The highest BCUT2D eigenvalue weighted by Crippen LogP contribution is 2.39. The van der Waals surface area contributed by atoms with Crippen LogP contribution in [-0.4, -0.2) is 38.4 Å². The Kier molecular flexibility index (Phi) is 4.61. The number of hydrogen-bond acceptors (Lipinski definition) is 5. The van der Waals surface area contributed by atoms with Crippen molar-refractivity contribution in [2.75, 3.05) is 7.11 Å². The average Bonchev–Trinajstić information content (AvgIpc) is 2.96. The fraction of sp³-hybridized carbons (Fsp3) is 0.857. The van der Waals surface area contributed by atoms with Crippen LogP contribution in [0.25, 0.3) is 0 Å². The average molecular weight is 296 g/mol. The van der Waals surface area contributed by atoms with E-state index in [1.807, 2.05) is 13.8 Å². The third-order valence-electron chi connectivity index (χ3n) is 4.85. The lowest BCUT2D eigenvalue weighted by atomic mass is 9.74. The smallest absolute Gasteiger partial charge is 0.311 e. The molecule has 0 aromatic carbocycles. The van der Waals surface area contributed by atoms with Gasteiger partial charge in [-0.25, -0.2) is 4.68 Å². The van der Waals surface area contributed by atoms with Gasteiger partial charge in [0.05, 0.1) is 12.0 Å². The molecule has 0 radical (unpaired) electrons. The minimum absolute atomic E-state index is 0.309. The summed E-state index contributed by atoms with van der Waals surface area (Å²) >= 11 is 0. The maximum absolute atomic E-state index is 11.8. The number of carboxylic acid groups (broad SMARTS) is 1. The Morgan fingerprint density at radius 3 is 2.62 bits per heavy atom. The zero-order valence-electron chi connectivity index (χ0n) is 13.0. The van der Waals surface area contributed by atoms with E-state index >= 15 is 0 Å². The van der Waals surface area contributed by atoms with Crippen LogP contribution < -0.4 is 0 Å². The second-order valence-corrected chi connectivity index (χ2v) is 6.09. The summed E-state index contributed by atoms with van der Waals surface area (Å²) in [5.41, 5.74) is -1.36. The van der Waals surface area contributed by atoms with E-state index in [9.17, 15) is 9.90 Å². The Morgan fingerprint density at radius 2 is 2.10 bits per heavy atom. The lowest BCUT2D eigenvalue weighted by molar-refractivity contribution is -0.152. The predicted molar refractivity (Wildman–Crippen MR) is 75.6 cm³/mol. The first-order valence-electron chi connectivity index (χ1n) is 7.52. The van der Waals surface area contributed by atoms with Gasteiger partial charge in [0, 0.05) is 7.11 Å². The molecule has 0 saturated heterocycles. The van der Waals surface area contributed by atoms with Crippen LogP contribution in [-0.2, 0) is 21.7 Å². The lowest BCUT2D eigenvalue weighted by Gasteiger charge is -2.34. The molecule has 0 bridgehead atoms. The number of aromatic nitrogens is 4. The van der Waals surface area contributed by atoms with Crippen LogP contribution in [0.1, 0.15) is 58.2 Å². The van der Waals surface area contributed by atoms with Crippen LogP contribution in [0.4, 0.5) is 0 Å². The lowest BCUT2D eigenvalue weighted by Crippen LogP contribution is -2.40. The Balaban J connectivity index is 2.31. The minimum Gasteiger partial charge on any atom is -0.481 e. The summed E-state index contributed by atoms with van der Waals surface area (Å²) in [6, 6.07) is 0. The fourth-order valence-corrected chi connectivity index (χ4v) is 3.04. The number of nitrogens with zero attached hydrogens (tertiary/aromatic N) is 4. The standard InChI is InChI=1S/C14H24N4O3/c1-4-13(2,21-3)11-15-16-17-18(11)10-14(12(19)20)8-6-5-7-9-14/h4-10H2,1-3H3,(H,19,20). The van der Waals surface area contributed by atoms with Gasteiger partial charge in [0.1, 0.15) is 5.60 Å². The molecule has 1 fully saturated rings. The number of hydrogen-bond donors (Lipinski definition) is 1. The molecule has 1 aromatic heterocycles. The molecule has 1 saturated carbocycles. The van der Waals surface area contributed by atoms with Crippen LogP contribution in [0.15, 0.2) is 0 Å². The maximum Gasteiger partial charge on any atom is 0.311 e. The van der Waals surface area contributed by atoms with E-state index < -0.39 is 17.0 Å². The number of carbonyl (C=O) groups is 1. The summed E-state index contributed by atoms with van der Waals surface area (Å²) in [5.74, 6) is -0.155. The van der Waals surface area contributed by atoms with Crippen LogP contribution in [0, 0.1) is 5.41 Å². The van der Waals surface area contributed by atoms with Crippen molar-refractivity contribution in [1.29, 1.82) is 0 Å². The quantitative estimate of drug-likeness (QED) is 0.863. The molecule has 1 unspecified atom stereocenters. The van der Waals surface area contributed by atoms with Crippen molar-refractivity contribution in [2.45, 2.75) is 64.5 Å². The Hall–Kier alpha value is -1.50. The van der Waals surface area contributed by atoms with Gasteiger partial charge in [-0.1, -0.05) is 26.2 Å². The number of methoxy groups -OCH3 is 1. The van der Waals surface area contributed by atoms with E-state index in [-0.39, 0.29) is 0 Å². The van der Waals surface area contributed by atoms with E-state index in [0.29, 0.717) is 31.6 Å². The van der Waals surface area contributed by atoms with Gasteiger partial charge in [-0.3, -0.25) is 4.79 Å². The van der Waals surface area contributed by atoms with Gasteiger partial charge >= 0.3 is 5.97 Å². The van der Waals surface area contributed by atoms with E-state index in [1.54, 1.807) is 11.8 Å². The second-order valence-electron chi connectivity index (χ2n) is 6.09. The molecule has 0 amide bonds. The largest absolute Gasteiger partial charge is 0.481 e. The molecule has 1 aliphatic rings. The van der Waals surface area contributed by atoms with Crippen LogP contribution in [0.3, 0.4) is 0 Å². The number of rotatable bonds is 6. The molecule has 1 heterocycles. The van der Waals surface area contributed by atoms with Crippen molar-refractivity contribution in [3.05, 3.63) is 5.82 Å². The molecule has 21 heavy (non-hydrogen) atoms. The SMILES string of the molecule is CCC(C)(OC)c1nnnn1CC1(C(=O)O)CCCCC1. The van der Waals surface area contributed by atoms with Crippen LogP contribution in [0.5, 0.6) is 0 Å². The van der Waals surface area contributed by atoms with Crippen molar-refractivity contribution in [2.24, 2.45) is 5.41 Å².